The second-order valence-corrected chi connectivity index (χ2v) is 4.17. The predicted molar refractivity (Wildman–Crippen MR) is 68.1 cm³/mol. The molecule has 1 amide bonds. The van der Waals surface area contributed by atoms with E-state index in [2.05, 4.69) is 24.5 Å². The number of hydrogen-bond donors (Lipinski definition) is 2. The molecule has 0 atom stereocenters. The molecular formula is C12H26N2O3. The highest BCUT2D eigenvalue weighted by atomic mass is 16.5. The van der Waals surface area contributed by atoms with Gasteiger partial charge in [-0.25, -0.2) is 0 Å². The number of rotatable bonds is 11. The third kappa shape index (κ3) is 13.3. The fraction of sp³-hybridized carbons (Fsp3) is 0.917. The Bertz CT molecular complexity index is 187. The maximum atomic E-state index is 11.3. The molecule has 0 heterocycles. The lowest BCUT2D eigenvalue weighted by Gasteiger charge is -2.08. The summed E-state index contributed by atoms with van der Waals surface area (Å²) >= 11 is 0. The molecule has 0 aromatic rings. The van der Waals surface area contributed by atoms with Crippen LogP contribution in [-0.2, 0) is 14.3 Å². The van der Waals surface area contributed by atoms with Gasteiger partial charge in [-0.2, -0.15) is 0 Å². The van der Waals surface area contributed by atoms with Crippen LogP contribution in [0.25, 0.3) is 0 Å². The van der Waals surface area contributed by atoms with Crippen molar-refractivity contribution >= 4 is 5.91 Å². The highest BCUT2D eigenvalue weighted by Gasteiger charge is 2.00. The smallest absolute Gasteiger partial charge is 0.221 e. The molecule has 5 nitrogen and oxygen atoms in total. The first-order chi connectivity index (χ1) is 8.16. The molecule has 0 aromatic heterocycles. The Labute approximate surface area is 104 Å². The standard InChI is InChI=1S/C12H26N2O3/c1-11(2)13-7-5-12(15)14-6-4-8-17-10-9-16-3/h11,13H,4-10H2,1-3H3,(H,14,15). The van der Waals surface area contributed by atoms with Crippen LogP contribution in [0.4, 0.5) is 0 Å². The van der Waals surface area contributed by atoms with Gasteiger partial charge in [-0.3, -0.25) is 4.79 Å². The molecule has 0 fully saturated rings. The van der Waals surface area contributed by atoms with Crippen LogP contribution in [0.3, 0.4) is 0 Å². The highest BCUT2D eigenvalue weighted by Crippen LogP contribution is 1.84. The van der Waals surface area contributed by atoms with Gasteiger partial charge >= 0.3 is 0 Å². The van der Waals surface area contributed by atoms with E-state index >= 15 is 0 Å². The van der Waals surface area contributed by atoms with Crippen LogP contribution >= 0.6 is 0 Å². The minimum absolute atomic E-state index is 0.0926. The zero-order valence-electron chi connectivity index (χ0n) is 11.3. The van der Waals surface area contributed by atoms with E-state index in [1.165, 1.54) is 0 Å². The van der Waals surface area contributed by atoms with Crippen molar-refractivity contribution in [1.82, 2.24) is 10.6 Å². The third-order valence-electron chi connectivity index (χ3n) is 2.12. The fourth-order valence-corrected chi connectivity index (χ4v) is 1.21. The van der Waals surface area contributed by atoms with Crippen LogP contribution in [0.2, 0.25) is 0 Å². The molecule has 17 heavy (non-hydrogen) atoms. The molecule has 0 bridgehead atoms. The lowest BCUT2D eigenvalue weighted by molar-refractivity contribution is -0.121. The molecule has 0 aromatic carbocycles. The summed E-state index contributed by atoms with van der Waals surface area (Å²) in [5.41, 5.74) is 0. The molecule has 0 aliphatic heterocycles. The number of carbonyl (C=O) groups is 1. The van der Waals surface area contributed by atoms with Gasteiger partial charge < -0.3 is 20.1 Å². The Morgan fingerprint density at radius 1 is 1.18 bits per heavy atom. The van der Waals surface area contributed by atoms with Gasteiger partial charge in [0.25, 0.3) is 0 Å². The number of carbonyl (C=O) groups excluding carboxylic acids is 1. The first kappa shape index (κ1) is 16.4. The van der Waals surface area contributed by atoms with E-state index in [0.717, 1.165) is 13.0 Å². The largest absolute Gasteiger partial charge is 0.382 e. The molecule has 102 valence electrons. The molecule has 5 heteroatoms. The lowest BCUT2D eigenvalue weighted by Crippen LogP contribution is -2.31. The van der Waals surface area contributed by atoms with Crippen molar-refractivity contribution in [2.24, 2.45) is 0 Å². The van der Waals surface area contributed by atoms with Crippen LogP contribution in [0.15, 0.2) is 0 Å². The van der Waals surface area contributed by atoms with Gasteiger partial charge in [0.2, 0.25) is 5.91 Å². The first-order valence-electron chi connectivity index (χ1n) is 6.23. The second-order valence-electron chi connectivity index (χ2n) is 4.17. The topological polar surface area (TPSA) is 59.6 Å². The van der Waals surface area contributed by atoms with E-state index in [9.17, 15) is 4.79 Å². The summed E-state index contributed by atoms with van der Waals surface area (Å²) in [6.07, 6.45) is 1.37. The molecule has 0 radical (unpaired) electrons. The predicted octanol–water partition coefficient (Wildman–Crippen LogP) is 0.544. The summed E-state index contributed by atoms with van der Waals surface area (Å²) in [6.45, 7) is 7.43. The van der Waals surface area contributed by atoms with Gasteiger partial charge in [0.1, 0.15) is 0 Å². The van der Waals surface area contributed by atoms with Crippen LogP contribution in [0, 0.1) is 0 Å². The minimum atomic E-state index is 0.0926. The molecule has 0 spiro atoms. The van der Waals surface area contributed by atoms with Gasteiger partial charge in [-0.15, -0.1) is 0 Å². The number of nitrogens with one attached hydrogen (secondary N) is 2. The Hall–Kier alpha value is -0.650. The molecular weight excluding hydrogens is 220 g/mol. The zero-order valence-corrected chi connectivity index (χ0v) is 11.3. The Balaban J connectivity index is 3.16. The number of hydrogen-bond acceptors (Lipinski definition) is 4. The Morgan fingerprint density at radius 2 is 1.94 bits per heavy atom. The number of methoxy groups -OCH3 is 1. The second kappa shape index (κ2) is 11.8. The SMILES string of the molecule is COCCOCCCNC(=O)CCNC(C)C. The van der Waals surface area contributed by atoms with E-state index in [1.807, 2.05) is 0 Å². The summed E-state index contributed by atoms with van der Waals surface area (Å²) in [6, 6.07) is 0.428. The summed E-state index contributed by atoms with van der Waals surface area (Å²) in [5, 5.41) is 6.06. The maximum absolute atomic E-state index is 11.3. The van der Waals surface area contributed by atoms with Crippen LogP contribution in [0.5, 0.6) is 0 Å². The Morgan fingerprint density at radius 3 is 2.59 bits per heavy atom. The van der Waals surface area contributed by atoms with Crippen molar-refractivity contribution < 1.29 is 14.3 Å². The van der Waals surface area contributed by atoms with E-state index in [0.29, 0.717) is 38.8 Å². The molecule has 0 unspecified atom stereocenters. The van der Waals surface area contributed by atoms with Crippen molar-refractivity contribution in [2.45, 2.75) is 32.7 Å². The van der Waals surface area contributed by atoms with Crippen molar-refractivity contribution in [1.29, 1.82) is 0 Å². The normalized spacial score (nSPS) is 10.8. The van der Waals surface area contributed by atoms with E-state index < -0.39 is 0 Å². The van der Waals surface area contributed by atoms with E-state index in [4.69, 9.17) is 9.47 Å². The average Bonchev–Trinajstić information content (AvgIpc) is 2.27. The molecule has 0 aliphatic carbocycles. The summed E-state index contributed by atoms with van der Waals surface area (Å²) in [5.74, 6) is 0.0926. The quantitative estimate of drug-likeness (QED) is 0.523. The van der Waals surface area contributed by atoms with Gasteiger partial charge in [0.05, 0.1) is 13.2 Å². The molecule has 0 aliphatic rings. The summed E-state index contributed by atoms with van der Waals surface area (Å²) in [7, 11) is 1.65. The molecule has 2 N–H and O–H groups in total. The third-order valence-corrected chi connectivity index (χ3v) is 2.12. The van der Waals surface area contributed by atoms with Gasteiger partial charge in [-0.1, -0.05) is 13.8 Å². The van der Waals surface area contributed by atoms with Crippen LogP contribution in [-0.4, -0.2) is 52.0 Å². The van der Waals surface area contributed by atoms with Crippen LogP contribution < -0.4 is 10.6 Å². The number of ether oxygens (including phenoxy) is 2. The summed E-state index contributed by atoms with van der Waals surface area (Å²) in [4.78, 5) is 11.3. The summed E-state index contributed by atoms with van der Waals surface area (Å²) < 4.78 is 10.1. The van der Waals surface area contributed by atoms with Gasteiger partial charge in [0, 0.05) is 39.3 Å². The monoisotopic (exact) mass is 246 g/mol. The van der Waals surface area contributed by atoms with E-state index in [-0.39, 0.29) is 5.91 Å². The van der Waals surface area contributed by atoms with Gasteiger partial charge in [0.15, 0.2) is 0 Å². The minimum Gasteiger partial charge on any atom is -0.382 e. The lowest BCUT2D eigenvalue weighted by atomic mass is 10.3. The molecule has 0 saturated heterocycles. The molecule has 0 rings (SSSR count). The van der Waals surface area contributed by atoms with Crippen molar-refractivity contribution in [3.05, 3.63) is 0 Å². The van der Waals surface area contributed by atoms with Crippen LogP contribution in [0.1, 0.15) is 26.7 Å². The average molecular weight is 246 g/mol. The van der Waals surface area contributed by atoms with Crippen molar-refractivity contribution in [3.8, 4) is 0 Å². The maximum Gasteiger partial charge on any atom is 0.221 e. The van der Waals surface area contributed by atoms with E-state index in [1.54, 1.807) is 7.11 Å². The van der Waals surface area contributed by atoms with Crippen molar-refractivity contribution in [2.75, 3.05) is 40.0 Å². The van der Waals surface area contributed by atoms with Gasteiger partial charge in [-0.05, 0) is 6.42 Å². The fourth-order valence-electron chi connectivity index (χ4n) is 1.21. The zero-order chi connectivity index (χ0) is 12.9. The Kier molecular flexibility index (Phi) is 11.4. The first-order valence-corrected chi connectivity index (χ1v) is 6.23. The number of amides is 1. The molecule has 0 saturated carbocycles. The highest BCUT2D eigenvalue weighted by molar-refractivity contribution is 5.75. The van der Waals surface area contributed by atoms with Crippen molar-refractivity contribution in [3.63, 3.8) is 0 Å².